The summed E-state index contributed by atoms with van der Waals surface area (Å²) in [7, 11) is 0. The van der Waals surface area contributed by atoms with Crippen molar-refractivity contribution in [2.75, 3.05) is 32.7 Å². The highest BCUT2D eigenvalue weighted by Gasteiger charge is 2.33. The molecule has 0 saturated carbocycles. The lowest BCUT2D eigenvalue weighted by Gasteiger charge is -2.30. The van der Waals surface area contributed by atoms with E-state index in [4.69, 9.17) is 5.73 Å². The van der Waals surface area contributed by atoms with Gasteiger partial charge in [-0.3, -0.25) is 14.6 Å². The summed E-state index contributed by atoms with van der Waals surface area (Å²) in [4.78, 5) is 15.9. The molecule has 98 valence electrons. The molecule has 2 aliphatic heterocycles. The van der Waals surface area contributed by atoms with E-state index in [9.17, 15) is 9.90 Å². The molecule has 2 unspecified atom stereocenters. The van der Waals surface area contributed by atoms with Crippen molar-refractivity contribution in [2.24, 2.45) is 5.73 Å². The zero-order chi connectivity index (χ0) is 12.3. The van der Waals surface area contributed by atoms with E-state index >= 15 is 0 Å². The van der Waals surface area contributed by atoms with Crippen LogP contribution in [0.25, 0.3) is 0 Å². The van der Waals surface area contributed by atoms with Gasteiger partial charge in [0.2, 0.25) is 0 Å². The summed E-state index contributed by atoms with van der Waals surface area (Å²) < 4.78 is 0. The van der Waals surface area contributed by atoms with Crippen molar-refractivity contribution < 1.29 is 9.90 Å². The second-order valence-corrected chi connectivity index (χ2v) is 5.11. The number of carboxylic acid groups (broad SMARTS) is 1. The first-order valence-electron chi connectivity index (χ1n) is 6.63. The maximum Gasteiger partial charge on any atom is 0.320 e. The van der Waals surface area contributed by atoms with Crippen molar-refractivity contribution in [2.45, 2.75) is 37.8 Å². The number of rotatable bonds is 4. The fourth-order valence-electron chi connectivity index (χ4n) is 3.14. The SMILES string of the molecule is NCCC(C(=O)O)N1CCCN2CCCC2C1. The third-order valence-electron chi connectivity index (χ3n) is 4.00. The first-order chi connectivity index (χ1) is 8.22. The van der Waals surface area contributed by atoms with Gasteiger partial charge in [-0.1, -0.05) is 0 Å². The Morgan fingerprint density at radius 3 is 2.82 bits per heavy atom. The maximum atomic E-state index is 11.3. The van der Waals surface area contributed by atoms with Crippen molar-refractivity contribution in [1.29, 1.82) is 0 Å². The minimum absolute atomic E-state index is 0.388. The van der Waals surface area contributed by atoms with Crippen LogP contribution >= 0.6 is 0 Å². The summed E-state index contributed by atoms with van der Waals surface area (Å²) in [5.41, 5.74) is 5.52. The van der Waals surface area contributed by atoms with E-state index in [0.717, 1.165) is 26.1 Å². The molecule has 0 amide bonds. The molecule has 0 aliphatic carbocycles. The highest BCUT2D eigenvalue weighted by molar-refractivity contribution is 5.73. The Morgan fingerprint density at radius 2 is 2.12 bits per heavy atom. The lowest BCUT2D eigenvalue weighted by atomic mass is 10.1. The second-order valence-electron chi connectivity index (χ2n) is 5.11. The minimum Gasteiger partial charge on any atom is -0.480 e. The molecule has 2 fully saturated rings. The van der Waals surface area contributed by atoms with Crippen LogP contribution < -0.4 is 5.73 Å². The van der Waals surface area contributed by atoms with Gasteiger partial charge in [-0.2, -0.15) is 0 Å². The highest BCUT2D eigenvalue weighted by atomic mass is 16.4. The van der Waals surface area contributed by atoms with Gasteiger partial charge in [0.1, 0.15) is 6.04 Å². The molecule has 5 nitrogen and oxygen atoms in total. The average molecular weight is 241 g/mol. The fraction of sp³-hybridized carbons (Fsp3) is 0.917. The first-order valence-corrected chi connectivity index (χ1v) is 6.63. The van der Waals surface area contributed by atoms with Crippen LogP contribution in [-0.4, -0.2) is 65.7 Å². The Balaban J connectivity index is 2.00. The molecule has 2 heterocycles. The molecule has 0 aromatic rings. The van der Waals surface area contributed by atoms with Gasteiger partial charge >= 0.3 is 5.97 Å². The van der Waals surface area contributed by atoms with Gasteiger partial charge < -0.3 is 10.8 Å². The molecule has 3 N–H and O–H groups in total. The topological polar surface area (TPSA) is 69.8 Å². The summed E-state index contributed by atoms with van der Waals surface area (Å²) in [5, 5.41) is 9.28. The standard InChI is InChI=1S/C12H23N3O2/c13-5-4-11(12(16)17)15-8-2-7-14-6-1-3-10(14)9-15/h10-11H,1-9,13H2,(H,16,17). The Bertz CT molecular complexity index is 272. The largest absolute Gasteiger partial charge is 0.480 e. The second kappa shape index (κ2) is 5.80. The van der Waals surface area contributed by atoms with E-state index in [1.807, 2.05) is 0 Å². The first kappa shape index (κ1) is 12.8. The highest BCUT2D eigenvalue weighted by Crippen LogP contribution is 2.22. The average Bonchev–Trinajstić information content (AvgIpc) is 2.63. The van der Waals surface area contributed by atoms with Crippen LogP contribution in [0.3, 0.4) is 0 Å². The van der Waals surface area contributed by atoms with Crippen LogP contribution in [0.15, 0.2) is 0 Å². The third-order valence-corrected chi connectivity index (χ3v) is 4.00. The maximum absolute atomic E-state index is 11.3. The number of nitrogens with two attached hydrogens (primary N) is 1. The summed E-state index contributed by atoms with van der Waals surface area (Å²) in [5.74, 6) is -0.720. The molecule has 2 atom stereocenters. The summed E-state index contributed by atoms with van der Waals surface area (Å²) in [6.45, 7) is 4.55. The van der Waals surface area contributed by atoms with E-state index in [1.54, 1.807) is 0 Å². The Hall–Kier alpha value is -0.650. The van der Waals surface area contributed by atoms with E-state index in [0.29, 0.717) is 19.0 Å². The fourth-order valence-corrected chi connectivity index (χ4v) is 3.14. The Labute approximate surface area is 103 Å². The zero-order valence-electron chi connectivity index (χ0n) is 10.3. The predicted octanol–water partition coefficient (Wildman–Crippen LogP) is -0.0415. The quantitative estimate of drug-likeness (QED) is 0.722. The van der Waals surface area contributed by atoms with Crippen molar-refractivity contribution in [1.82, 2.24) is 9.80 Å². The van der Waals surface area contributed by atoms with Gasteiger partial charge in [-0.15, -0.1) is 0 Å². The van der Waals surface area contributed by atoms with Gasteiger partial charge in [-0.05, 0) is 45.3 Å². The number of nitrogens with zero attached hydrogens (tertiary/aromatic N) is 2. The Kier molecular flexibility index (Phi) is 4.36. The number of carbonyl (C=O) groups is 1. The Morgan fingerprint density at radius 1 is 1.35 bits per heavy atom. The van der Waals surface area contributed by atoms with Gasteiger partial charge in [0.05, 0.1) is 0 Å². The molecule has 2 rings (SSSR count). The van der Waals surface area contributed by atoms with E-state index in [2.05, 4.69) is 9.80 Å². The molecule has 0 aromatic carbocycles. The molecule has 5 heteroatoms. The molecule has 0 radical (unpaired) electrons. The number of fused-ring (bicyclic) bond motifs is 1. The molecule has 0 aromatic heterocycles. The predicted molar refractivity (Wildman–Crippen MR) is 65.9 cm³/mol. The molecule has 17 heavy (non-hydrogen) atoms. The van der Waals surface area contributed by atoms with Gasteiger partial charge in [0.15, 0.2) is 0 Å². The minimum atomic E-state index is -0.720. The van der Waals surface area contributed by atoms with Crippen LogP contribution in [0.5, 0.6) is 0 Å². The van der Waals surface area contributed by atoms with Crippen molar-refractivity contribution in [3.63, 3.8) is 0 Å². The molecule has 2 saturated heterocycles. The molecule has 0 spiro atoms. The number of carboxylic acids is 1. The van der Waals surface area contributed by atoms with Crippen LogP contribution in [0.2, 0.25) is 0 Å². The summed E-state index contributed by atoms with van der Waals surface area (Å²) in [6, 6.07) is 0.178. The monoisotopic (exact) mass is 241 g/mol. The van der Waals surface area contributed by atoms with Crippen molar-refractivity contribution in [3.05, 3.63) is 0 Å². The third kappa shape index (κ3) is 2.97. The molecule has 0 bridgehead atoms. The molecular formula is C12H23N3O2. The van der Waals surface area contributed by atoms with Gasteiger partial charge in [0, 0.05) is 19.1 Å². The molecular weight excluding hydrogens is 218 g/mol. The molecule has 2 aliphatic rings. The van der Waals surface area contributed by atoms with Crippen LogP contribution in [0, 0.1) is 0 Å². The number of hydrogen-bond donors (Lipinski definition) is 2. The van der Waals surface area contributed by atoms with Crippen LogP contribution in [-0.2, 0) is 4.79 Å². The van der Waals surface area contributed by atoms with Crippen LogP contribution in [0.4, 0.5) is 0 Å². The van der Waals surface area contributed by atoms with Crippen molar-refractivity contribution in [3.8, 4) is 0 Å². The number of aliphatic carboxylic acids is 1. The van der Waals surface area contributed by atoms with Gasteiger partial charge in [-0.25, -0.2) is 0 Å². The van der Waals surface area contributed by atoms with Crippen LogP contribution in [0.1, 0.15) is 25.7 Å². The lowest BCUT2D eigenvalue weighted by Crippen LogP contribution is -2.46. The summed E-state index contributed by atoms with van der Waals surface area (Å²) in [6.07, 6.45) is 4.10. The summed E-state index contributed by atoms with van der Waals surface area (Å²) >= 11 is 0. The van der Waals surface area contributed by atoms with E-state index in [-0.39, 0.29) is 6.04 Å². The van der Waals surface area contributed by atoms with E-state index < -0.39 is 5.97 Å². The number of hydrogen-bond acceptors (Lipinski definition) is 4. The normalized spacial score (nSPS) is 28.6. The smallest absolute Gasteiger partial charge is 0.320 e. The van der Waals surface area contributed by atoms with Crippen molar-refractivity contribution >= 4 is 5.97 Å². The zero-order valence-corrected chi connectivity index (χ0v) is 10.3. The van der Waals surface area contributed by atoms with Gasteiger partial charge in [0.25, 0.3) is 0 Å². The lowest BCUT2D eigenvalue weighted by molar-refractivity contribution is -0.143. The van der Waals surface area contributed by atoms with E-state index in [1.165, 1.54) is 19.4 Å².